The molecule has 0 saturated heterocycles. The van der Waals surface area contributed by atoms with Gasteiger partial charge in [0.25, 0.3) is 0 Å². The van der Waals surface area contributed by atoms with E-state index in [9.17, 15) is 0 Å². The van der Waals surface area contributed by atoms with E-state index in [4.69, 9.17) is 0 Å². The summed E-state index contributed by atoms with van der Waals surface area (Å²) >= 11 is 0. The topological polar surface area (TPSA) is 0 Å². The Morgan fingerprint density at radius 1 is 1.64 bits per heavy atom. The molecule has 0 bridgehead atoms. The number of allylic oxidation sites excluding steroid dienone is 3. The molecule has 1 aliphatic carbocycles. The van der Waals surface area contributed by atoms with Gasteiger partial charge in [0.05, 0.1) is 0 Å². The predicted octanol–water partition coefficient (Wildman–Crippen LogP) is 3.55. The first-order chi connectivity index (χ1) is 5.18. The minimum Gasteiger partial charge on any atom is -0.100 e. The van der Waals surface area contributed by atoms with E-state index in [1.54, 1.807) is 0 Å². The number of hydrogen-bond donors (Lipinski definition) is 0. The van der Waals surface area contributed by atoms with Gasteiger partial charge in [-0.25, -0.2) is 0 Å². The molecule has 0 radical (unpaired) electrons. The van der Waals surface area contributed by atoms with E-state index >= 15 is 0 Å². The van der Waals surface area contributed by atoms with Crippen molar-refractivity contribution in [3.05, 3.63) is 24.3 Å². The summed E-state index contributed by atoms with van der Waals surface area (Å²) < 4.78 is 0. The molecule has 0 heterocycles. The summed E-state index contributed by atoms with van der Waals surface area (Å²) in [5.41, 5.74) is 1.29. The first kappa shape index (κ1) is 8.58. The first-order valence-corrected chi connectivity index (χ1v) is 4.51. The zero-order valence-corrected chi connectivity index (χ0v) is 7.64. The summed E-state index contributed by atoms with van der Waals surface area (Å²) in [7, 11) is 0. The van der Waals surface area contributed by atoms with Gasteiger partial charge in [-0.1, -0.05) is 24.6 Å². The standard InChI is InChI=1S/C11H18/c1-9(2)8-10(3)4-5-11-6-7-11/h4-5,10-11H,1,6-8H2,2-3H3/b5-4-. The third-order valence-corrected chi connectivity index (χ3v) is 2.00. The van der Waals surface area contributed by atoms with Crippen molar-refractivity contribution in [3.63, 3.8) is 0 Å². The van der Waals surface area contributed by atoms with Crippen LogP contribution >= 0.6 is 0 Å². The normalized spacial score (nSPS) is 20.5. The molecule has 1 aliphatic rings. The van der Waals surface area contributed by atoms with Crippen LogP contribution in [0.2, 0.25) is 0 Å². The average Bonchev–Trinajstić information content (AvgIpc) is 2.63. The minimum absolute atomic E-state index is 0.688. The largest absolute Gasteiger partial charge is 0.100 e. The summed E-state index contributed by atoms with van der Waals surface area (Å²) in [5, 5.41) is 0. The second-order valence-corrected chi connectivity index (χ2v) is 3.86. The maximum atomic E-state index is 3.90. The lowest BCUT2D eigenvalue weighted by atomic mass is 10.0. The van der Waals surface area contributed by atoms with Crippen molar-refractivity contribution in [3.8, 4) is 0 Å². The van der Waals surface area contributed by atoms with Crippen LogP contribution in [-0.2, 0) is 0 Å². The van der Waals surface area contributed by atoms with E-state index < -0.39 is 0 Å². The molecule has 1 rings (SSSR count). The third kappa shape index (κ3) is 4.02. The van der Waals surface area contributed by atoms with E-state index in [-0.39, 0.29) is 0 Å². The van der Waals surface area contributed by atoms with Crippen molar-refractivity contribution in [2.45, 2.75) is 33.1 Å². The summed E-state index contributed by atoms with van der Waals surface area (Å²) in [6, 6.07) is 0. The summed E-state index contributed by atoms with van der Waals surface area (Å²) in [5.74, 6) is 1.61. The fourth-order valence-electron chi connectivity index (χ4n) is 1.25. The Labute approximate surface area is 70.0 Å². The lowest BCUT2D eigenvalue weighted by Gasteiger charge is -2.03. The first-order valence-electron chi connectivity index (χ1n) is 4.51. The molecule has 0 N–H and O–H groups in total. The van der Waals surface area contributed by atoms with E-state index in [1.165, 1.54) is 18.4 Å². The fourth-order valence-corrected chi connectivity index (χ4v) is 1.25. The highest BCUT2D eigenvalue weighted by molar-refractivity contribution is 5.01. The van der Waals surface area contributed by atoms with Crippen molar-refractivity contribution in [1.82, 2.24) is 0 Å². The molecule has 1 fully saturated rings. The third-order valence-electron chi connectivity index (χ3n) is 2.00. The zero-order chi connectivity index (χ0) is 8.27. The molecule has 0 aromatic rings. The highest BCUT2D eigenvalue weighted by Gasteiger charge is 2.17. The Balaban J connectivity index is 2.18. The van der Waals surface area contributed by atoms with Crippen LogP contribution in [0, 0.1) is 11.8 Å². The molecular formula is C11H18. The van der Waals surface area contributed by atoms with Gasteiger partial charge in [0.15, 0.2) is 0 Å². The molecule has 11 heavy (non-hydrogen) atoms. The van der Waals surface area contributed by atoms with Crippen molar-refractivity contribution in [1.29, 1.82) is 0 Å². The van der Waals surface area contributed by atoms with Crippen LogP contribution in [0.5, 0.6) is 0 Å². The van der Waals surface area contributed by atoms with Gasteiger partial charge < -0.3 is 0 Å². The Hall–Kier alpha value is -0.520. The lowest BCUT2D eigenvalue weighted by molar-refractivity contribution is 0.714. The Bertz CT molecular complexity index is 161. The fraction of sp³-hybridized carbons (Fsp3) is 0.636. The maximum Gasteiger partial charge on any atom is -0.0225 e. The molecular weight excluding hydrogens is 132 g/mol. The van der Waals surface area contributed by atoms with E-state index in [2.05, 4.69) is 32.6 Å². The lowest BCUT2D eigenvalue weighted by Crippen LogP contribution is -1.89. The van der Waals surface area contributed by atoms with Crippen LogP contribution in [0.25, 0.3) is 0 Å². The van der Waals surface area contributed by atoms with Crippen LogP contribution in [-0.4, -0.2) is 0 Å². The van der Waals surface area contributed by atoms with Gasteiger partial charge in [0, 0.05) is 0 Å². The van der Waals surface area contributed by atoms with Crippen LogP contribution in [0.15, 0.2) is 24.3 Å². The molecule has 0 aromatic carbocycles. The van der Waals surface area contributed by atoms with Gasteiger partial charge in [-0.05, 0) is 38.0 Å². The van der Waals surface area contributed by atoms with Crippen LogP contribution in [0.1, 0.15) is 33.1 Å². The molecule has 62 valence electrons. The van der Waals surface area contributed by atoms with E-state index in [0.717, 1.165) is 12.3 Å². The van der Waals surface area contributed by atoms with Crippen LogP contribution in [0.3, 0.4) is 0 Å². The van der Waals surface area contributed by atoms with E-state index in [0.29, 0.717) is 5.92 Å². The Morgan fingerprint density at radius 3 is 2.73 bits per heavy atom. The Kier molecular flexibility index (Phi) is 2.92. The van der Waals surface area contributed by atoms with Crippen LogP contribution in [0.4, 0.5) is 0 Å². The summed E-state index contributed by atoms with van der Waals surface area (Å²) in [6.07, 6.45) is 8.68. The monoisotopic (exact) mass is 150 g/mol. The van der Waals surface area contributed by atoms with Crippen molar-refractivity contribution < 1.29 is 0 Å². The summed E-state index contributed by atoms with van der Waals surface area (Å²) in [4.78, 5) is 0. The molecule has 1 atom stereocenters. The van der Waals surface area contributed by atoms with Gasteiger partial charge in [0.2, 0.25) is 0 Å². The molecule has 1 saturated carbocycles. The van der Waals surface area contributed by atoms with Gasteiger partial charge in [-0.3, -0.25) is 0 Å². The number of hydrogen-bond acceptors (Lipinski definition) is 0. The summed E-state index contributed by atoms with van der Waals surface area (Å²) in [6.45, 7) is 8.26. The predicted molar refractivity (Wildman–Crippen MR) is 50.5 cm³/mol. The molecule has 0 nitrogen and oxygen atoms in total. The van der Waals surface area contributed by atoms with Gasteiger partial charge in [-0.2, -0.15) is 0 Å². The van der Waals surface area contributed by atoms with Gasteiger partial charge in [0.1, 0.15) is 0 Å². The van der Waals surface area contributed by atoms with Gasteiger partial charge >= 0.3 is 0 Å². The van der Waals surface area contributed by atoms with Crippen molar-refractivity contribution in [2.24, 2.45) is 11.8 Å². The molecule has 0 spiro atoms. The SMILES string of the molecule is C=C(C)CC(C)/C=C\C1CC1. The molecule has 1 unspecified atom stereocenters. The minimum atomic E-state index is 0.688. The zero-order valence-electron chi connectivity index (χ0n) is 7.64. The molecule has 0 heteroatoms. The second-order valence-electron chi connectivity index (χ2n) is 3.86. The second kappa shape index (κ2) is 3.75. The Morgan fingerprint density at radius 2 is 2.27 bits per heavy atom. The highest BCUT2D eigenvalue weighted by Crippen LogP contribution is 2.30. The van der Waals surface area contributed by atoms with Crippen LogP contribution < -0.4 is 0 Å². The van der Waals surface area contributed by atoms with E-state index in [1.807, 2.05) is 0 Å². The molecule has 0 aromatic heterocycles. The molecule has 0 amide bonds. The quantitative estimate of drug-likeness (QED) is 0.537. The van der Waals surface area contributed by atoms with Gasteiger partial charge in [-0.15, -0.1) is 6.58 Å². The number of rotatable bonds is 4. The van der Waals surface area contributed by atoms with Crippen molar-refractivity contribution in [2.75, 3.05) is 0 Å². The maximum absolute atomic E-state index is 3.90. The van der Waals surface area contributed by atoms with Crippen molar-refractivity contribution >= 4 is 0 Å². The highest BCUT2D eigenvalue weighted by atomic mass is 14.2. The smallest absolute Gasteiger partial charge is 0.0225 e. The average molecular weight is 150 g/mol. The molecule has 0 aliphatic heterocycles.